The third kappa shape index (κ3) is 6.83. The molecule has 12 nitrogen and oxygen atoms in total. The van der Waals surface area contributed by atoms with Crippen molar-refractivity contribution in [2.45, 2.75) is 62.4 Å². The van der Waals surface area contributed by atoms with Crippen LogP contribution in [0.2, 0.25) is 0 Å². The lowest BCUT2D eigenvalue weighted by Gasteiger charge is -2.20. The molecule has 3 heterocycles. The van der Waals surface area contributed by atoms with Crippen molar-refractivity contribution in [3.63, 3.8) is 0 Å². The molecular weight excluding hydrogens is 526 g/mol. The van der Waals surface area contributed by atoms with Gasteiger partial charge in [0.25, 0.3) is 0 Å². The number of anilines is 1. The zero-order valence-electron chi connectivity index (χ0n) is 22.8. The Morgan fingerprint density at radius 1 is 1.12 bits per heavy atom. The topological polar surface area (TPSA) is 178 Å². The highest BCUT2D eigenvalue weighted by atomic mass is 16.3. The highest BCUT2D eigenvalue weighted by Crippen LogP contribution is 2.34. The lowest BCUT2D eigenvalue weighted by atomic mass is 9.95. The van der Waals surface area contributed by atoms with Crippen LogP contribution in [0.5, 0.6) is 0 Å². The molecule has 218 valence electrons. The van der Waals surface area contributed by atoms with Crippen molar-refractivity contribution in [1.29, 1.82) is 0 Å². The number of piperidine rings is 1. The smallest absolute Gasteiger partial charge is 0.246 e. The number of nitrogens with zero attached hydrogens (tertiary/aromatic N) is 4. The second-order valence-electron chi connectivity index (χ2n) is 10.7. The number of rotatable bonds is 9. The summed E-state index contributed by atoms with van der Waals surface area (Å²) in [6.45, 7) is 1.12. The van der Waals surface area contributed by atoms with Crippen molar-refractivity contribution in [3.05, 3.63) is 48.0 Å². The Morgan fingerprint density at radius 3 is 2.63 bits per heavy atom. The number of benzene rings is 1. The van der Waals surface area contributed by atoms with E-state index in [1.807, 2.05) is 30.3 Å². The van der Waals surface area contributed by atoms with Crippen molar-refractivity contribution < 1.29 is 25.2 Å². The second kappa shape index (κ2) is 13.4. The van der Waals surface area contributed by atoms with E-state index in [0.29, 0.717) is 29.3 Å². The minimum atomic E-state index is -1.23. The van der Waals surface area contributed by atoms with E-state index in [9.17, 15) is 20.1 Å². The van der Waals surface area contributed by atoms with Crippen molar-refractivity contribution in [1.82, 2.24) is 30.2 Å². The molecule has 2 fully saturated rings. The van der Waals surface area contributed by atoms with Crippen LogP contribution < -0.4 is 16.0 Å². The number of aliphatic hydroxyl groups excluding tert-OH is 4. The van der Waals surface area contributed by atoms with E-state index < -0.39 is 36.8 Å². The third-order valence-corrected chi connectivity index (χ3v) is 7.86. The molecule has 1 aliphatic heterocycles. The van der Waals surface area contributed by atoms with Crippen molar-refractivity contribution >= 4 is 22.9 Å². The maximum absolute atomic E-state index is 11.8. The van der Waals surface area contributed by atoms with Crippen LogP contribution in [0.3, 0.4) is 0 Å². The highest BCUT2D eigenvalue weighted by molar-refractivity contribution is 5.84. The zero-order valence-corrected chi connectivity index (χ0v) is 22.8. The number of hydrogen-bond donors (Lipinski definition) is 7. The summed E-state index contributed by atoms with van der Waals surface area (Å²) in [5.74, 6) is 6.91. The molecule has 12 heteroatoms. The van der Waals surface area contributed by atoms with Crippen LogP contribution in [0.25, 0.3) is 11.2 Å². The highest BCUT2D eigenvalue weighted by Gasteiger charge is 2.43. The first kappa shape index (κ1) is 28.9. The number of amides is 1. The number of fused-ring (bicyclic) bond motifs is 1. The molecule has 1 saturated heterocycles. The summed E-state index contributed by atoms with van der Waals surface area (Å²) < 4.78 is 1.67. The fourth-order valence-corrected chi connectivity index (χ4v) is 5.61. The van der Waals surface area contributed by atoms with Crippen LogP contribution in [0.4, 0.5) is 5.82 Å². The molecule has 0 unspecified atom stereocenters. The number of imidazole rings is 1. The Kier molecular flexibility index (Phi) is 9.43. The van der Waals surface area contributed by atoms with Gasteiger partial charge in [-0.1, -0.05) is 36.3 Å². The monoisotopic (exact) mass is 563 g/mol. The molecule has 0 radical (unpaired) electrons. The number of aromatic nitrogens is 4. The fourth-order valence-electron chi connectivity index (χ4n) is 5.61. The van der Waals surface area contributed by atoms with Gasteiger partial charge in [0, 0.05) is 6.42 Å². The minimum absolute atomic E-state index is 0.141. The summed E-state index contributed by atoms with van der Waals surface area (Å²) in [4.78, 5) is 25.6. The van der Waals surface area contributed by atoms with Crippen LogP contribution in [-0.2, 0) is 11.2 Å². The van der Waals surface area contributed by atoms with E-state index in [1.165, 1.54) is 6.33 Å². The minimum Gasteiger partial charge on any atom is -0.394 e. The van der Waals surface area contributed by atoms with Gasteiger partial charge in [0.05, 0.1) is 31.1 Å². The molecule has 3 aromatic rings. The van der Waals surface area contributed by atoms with Gasteiger partial charge in [-0.05, 0) is 56.2 Å². The van der Waals surface area contributed by atoms with Gasteiger partial charge in [-0.15, -0.1) is 0 Å². The molecule has 5 atom stereocenters. The average molecular weight is 564 g/mol. The standard InChI is InChI=1S/C29H37N7O5/c37-15-20(13-19-5-2-1-3-6-19)32-28-25-29(35-23(34-28)8-4-7-18-9-11-30-12-10-18)36(17-31-25)22-14-21(26(40)27(22)41)33-24(39)16-38/h1-3,5-6,17-18,20-22,26-27,30,37-38,40-41H,7,9-16H2,(H,33,39)(H,32,34,35)/t20-,21-,22+,26+,27-/m0/s1. The van der Waals surface area contributed by atoms with Gasteiger partial charge in [0.2, 0.25) is 11.7 Å². The van der Waals surface area contributed by atoms with E-state index in [-0.39, 0.29) is 24.9 Å². The SMILES string of the molecule is O=C(CO)N[C@H]1C[C@@H](n2cnc3c(N[C@H](CO)Cc4ccccc4)nc(C#CCC4CCNCC4)nc32)[C@H](O)[C@@H]1O. The quantitative estimate of drug-likeness (QED) is 0.171. The molecule has 2 aromatic heterocycles. The van der Waals surface area contributed by atoms with Crippen LogP contribution in [-0.4, -0.2) is 96.4 Å². The summed E-state index contributed by atoms with van der Waals surface area (Å²) in [7, 11) is 0. The van der Waals surface area contributed by atoms with E-state index >= 15 is 0 Å². The first-order valence-corrected chi connectivity index (χ1v) is 14.1. The molecule has 1 aromatic carbocycles. The molecule has 1 saturated carbocycles. The summed E-state index contributed by atoms with van der Waals surface area (Å²) >= 11 is 0. The van der Waals surface area contributed by atoms with Gasteiger partial charge >= 0.3 is 0 Å². The Balaban J connectivity index is 1.46. The maximum Gasteiger partial charge on any atom is 0.246 e. The normalized spacial score (nSPS) is 23.6. The molecule has 1 amide bonds. The molecule has 0 spiro atoms. The summed E-state index contributed by atoms with van der Waals surface area (Å²) in [6.07, 6.45) is 2.72. The van der Waals surface area contributed by atoms with Crippen LogP contribution in [0.15, 0.2) is 36.7 Å². The largest absolute Gasteiger partial charge is 0.394 e. The average Bonchev–Trinajstić information content (AvgIpc) is 3.54. The number of aliphatic hydroxyl groups is 4. The Bertz CT molecular complexity index is 1380. The summed E-state index contributed by atoms with van der Waals surface area (Å²) in [5.41, 5.74) is 1.90. The lowest BCUT2D eigenvalue weighted by Crippen LogP contribution is -2.44. The molecule has 41 heavy (non-hydrogen) atoms. The summed E-state index contributed by atoms with van der Waals surface area (Å²) in [5, 5.41) is 50.0. The zero-order chi connectivity index (χ0) is 28.8. The van der Waals surface area contributed by atoms with E-state index in [1.54, 1.807) is 4.57 Å². The van der Waals surface area contributed by atoms with Gasteiger partial charge in [-0.2, -0.15) is 0 Å². The van der Waals surface area contributed by atoms with E-state index in [0.717, 1.165) is 37.9 Å². The Labute approximate surface area is 238 Å². The van der Waals surface area contributed by atoms with Gasteiger partial charge < -0.3 is 40.9 Å². The molecule has 7 N–H and O–H groups in total. The first-order valence-electron chi connectivity index (χ1n) is 14.1. The number of carbonyl (C=O) groups is 1. The number of nitrogens with one attached hydrogen (secondary N) is 3. The molecule has 0 bridgehead atoms. The number of carbonyl (C=O) groups excluding carboxylic acids is 1. The molecule has 2 aliphatic rings. The van der Waals surface area contributed by atoms with E-state index in [2.05, 4.69) is 42.7 Å². The molecular formula is C29H37N7O5. The second-order valence-corrected chi connectivity index (χ2v) is 10.7. The summed E-state index contributed by atoms with van der Waals surface area (Å²) in [6, 6.07) is 8.07. The van der Waals surface area contributed by atoms with Crippen LogP contribution in [0.1, 0.15) is 43.1 Å². The first-order chi connectivity index (χ1) is 20.0. The van der Waals surface area contributed by atoms with Gasteiger partial charge in [-0.25, -0.2) is 15.0 Å². The van der Waals surface area contributed by atoms with Gasteiger partial charge in [0.1, 0.15) is 18.8 Å². The van der Waals surface area contributed by atoms with Crippen molar-refractivity contribution in [2.75, 3.05) is 31.6 Å². The Hall–Kier alpha value is -3.60. The predicted octanol–water partition coefficient (Wildman–Crippen LogP) is -0.273. The lowest BCUT2D eigenvalue weighted by molar-refractivity contribution is -0.125. The Morgan fingerprint density at radius 2 is 1.90 bits per heavy atom. The van der Waals surface area contributed by atoms with Gasteiger partial charge in [-0.3, -0.25) is 4.79 Å². The van der Waals surface area contributed by atoms with Crippen LogP contribution in [0, 0.1) is 17.8 Å². The van der Waals surface area contributed by atoms with Crippen molar-refractivity contribution in [2.24, 2.45) is 5.92 Å². The molecule has 5 rings (SSSR count). The maximum atomic E-state index is 11.8. The van der Waals surface area contributed by atoms with Crippen LogP contribution >= 0.6 is 0 Å². The van der Waals surface area contributed by atoms with Gasteiger partial charge in [0.15, 0.2) is 17.0 Å². The fraction of sp³-hybridized carbons (Fsp3) is 0.517. The van der Waals surface area contributed by atoms with Crippen molar-refractivity contribution in [3.8, 4) is 11.8 Å². The third-order valence-electron chi connectivity index (χ3n) is 7.86. The number of hydrogen-bond acceptors (Lipinski definition) is 10. The predicted molar refractivity (Wildman–Crippen MR) is 152 cm³/mol. The van der Waals surface area contributed by atoms with E-state index in [4.69, 9.17) is 5.11 Å². The molecule has 1 aliphatic carbocycles.